The number of nitrogens with zero attached hydrogens (tertiary/aromatic N) is 3. The summed E-state index contributed by atoms with van der Waals surface area (Å²) >= 11 is 0. The zero-order valence-corrected chi connectivity index (χ0v) is 9.45. The summed E-state index contributed by atoms with van der Waals surface area (Å²) in [5.41, 5.74) is 0. The van der Waals surface area contributed by atoms with Crippen molar-refractivity contribution in [2.45, 2.75) is 13.0 Å². The van der Waals surface area contributed by atoms with Gasteiger partial charge in [-0.2, -0.15) is 0 Å². The van der Waals surface area contributed by atoms with E-state index in [1.165, 1.54) is 32.7 Å². The van der Waals surface area contributed by atoms with Crippen LogP contribution in [0.15, 0.2) is 0 Å². The third-order valence-corrected chi connectivity index (χ3v) is 2.80. The molecule has 0 aromatic rings. The van der Waals surface area contributed by atoms with Crippen molar-refractivity contribution in [2.75, 3.05) is 53.9 Å². The van der Waals surface area contributed by atoms with Crippen LogP contribution in [0.2, 0.25) is 0 Å². The molecular formula is C10H23N3. The Bertz CT molecular complexity index is 147. The van der Waals surface area contributed by atoms with E-state index in [2.05, 4.69) is 42.8 Å². The molecule has 78 valence electrons. The van der Waals surface area contributed by atoms with E-state index >= 15 is 0 Å². The van der Waals surface area contributed by atoms with Gasteiger partial charge in [0.25, 0.3) is 0 Å². The lowest BCUT2D eigenvalue weighted by Gasteiger charge is -2.38. The largest absolute Gasteiger partial charge is 0.308 e. The van der Waals surface area contributed by atoms with Crippen LogP contribution in [0.1, 0.15) is 6.92 Å². The standard InChI is InChI=1S/C10H23N3/c1-10-9-12(4)6-8-13(10)7-5-11(2)3/h10H,5-9H2,1-4H3. The van der Waals surface area contributed by atoms with Gasteiger partial charge in [0.05, 0.1) is 0 Å². The van der Waals surface area contributed by atoms with Crippen LogP contribution in [0.5, 0.6) is 0 Å². The first-order valence-corrected chi connectivity index (χ1v) is 5.17. The first kappa shape index (κ1) is 11.0. The van der Waals surface area contributed by atoms with Crippen LogP contribution in [-0.2, 0) is 0 Å². The maximum atomic E-state index is 2.58. The van der Waals surface area contributed by atoms with E-state index < -0.39 is 0 Å². The third kappa shape index (κ3) is 3.63. The Morgan fingerprint density at radius 1 is 1.31 bits per heavy atom. The average molecular weight is 185 g/mol. The van der Waals surface area contributed by atoms with Gasteiger partial charge in [-0.05, 0) is 28.1 Å². The number of rotatable bonds is 3. The van der Waals surface area contributed by atoms with Crippen LogP contribution < -0.4 is 0 Å². The zero-order chi connectivity index (χ0) is 9.84. The highest BCUT2D eigenvalue weighted by molar-refractivity contribution is 4.77. The van der Waals surface area contributed by atoms with Gasteiger partial charge in [-0.3, -0.25) is 4.90 Å². The van der Waals surface area contributed by atoms with Gasteiger partial charge in [-0.1, -0.05) is 0 Å². The van der Waals surface area contributed by atoms with Crippen molar-refractivity contribution in [3.63, 3.8) is 0 Å². The van der Waals surface area contributed by atoms with Gasteiger partial charge in [-0.15, -0.1) is 0 Å². The summed E-state index contributed by atoms with van der Waals surface area (Å²) in [7, 11) is 6.49. The quantitative estimate of drug-likeness (QED) is 0.621. The summed E-state index contributed by atoms with van der Waals surface area (Å²) in [4.78, 5) is 7.25. The molecule has 0 spiro atoms. The van der Waals surface area contributed by atoms with Crippen LogP contribution in [-0.4, -0.2) is 74.6 Å². The minimum atomic E-state index is 0.721. The molecule has 0 saturated carbocycles. The van der Waals surface area contributed by atoms with E-state index in [0.717, 1.165) is 6.04 Å². The SMILES string of the molecule is CC1CN(C)CCN1CCN(C)C. The van der Waals surface area contributed by atoms with Crippen molar-refractivity contribution in [3.8, 4) is 0 Å². The fraction of sp³-hybridized carbons (Fsp3) is 1.00. The Kier molecular flexibility index (Phi) is 4.16. The molecule has 1 unspecified atom stereocenters. The Balaban J connectivity index is 2.25. The summed E-state index contributed by atoms with van der Waals surface area (Å²) in [6.45, 7) is 8.37. The number of piperazine rings is 1. The van der Waals surface area contributed by atoms with Gasteiger partial charge in [0.15, 0.2) is 0 Å². The summed E-state index contributed by atoms with van der Waals surface area (Å²) < 4.78 is 0. The zero-order valence-electron chi connectivity index (χ0n) is 9.45. The lowest BCUT2D eigenvalue weighted by Crippen LogP contribution is -2.51. The molecule has 0 aromatic heterocycles. The maximum absolute atomic E-state index is 2.58. The second kappa shape index (κ2) is 4.94. The normalized spacial score (nSPS) is 27.0. The number of likely N-dealkylation sites (N-methyl/N-ethyl adjacent to an activating group) is 2. The van der Waals surface area contributed by atoms with Crippen LogP contribution in [0, 0.1) is 0 Å². The van der Waals surface area contributed by atoms with Crippen molar-refractivity contribution in [3.05, 3.63) is 0 Å². The van der Waals surface area contributed by atoms with Gasteiger partial charge in [-0.25, -0.2) is 0 Å². The first-order valence-electron chi connectivity index (χ1n) is 5.17. The molecule has 13 heavy (non-hydrogen) atoms. The van der Waals surface area contributed by atoms with Crippen LogP contribution >= 0.6 is 0 Å². The fourth-order valence-electron chi connectivity index (χ4n) is 1.84. The predicted molar refractivity (Wildman–Crippen MR) is 57.1 cm³/mol. The summed E-state index contributed by atoms with van der Waals surface area (Å²) in [6.07, 6.45) is 0. The average Bonchev–Trinajstić information content (AvgIpc) is 2.02. The Labute approximate surface area is 82.3 Å². The van der Waals surface area contributed by atoms with E-state index in [0.29, 0.717) is 0 Å². The Morgan fingerprint density at radius 2 is 2.00 bits per heavy atom. The molecule has 3 nitrogen and oxygen atoms in total. The summed E-state index contributed by atoms with van der Waals surface area (Å²) in [5, 5.41) is 0. The molecule has 1 atom stereocenters. The fourth-order valence-corrected chi connectivity index (χ4v) is 1.84. The minimum Gasteiger partial charge on any atom is -0.308 e. The van der Waals surface area contributed by atoms with Crippen LogP contribution in [0.25, 0.3) is 0 Å². The topological polar surface area (TPSA) is 9.72 Å². The van der Waals surface area contributed by atoms with Crippen molar-refractivity contribution < 1.29 is 0 Å². The number of hydrogen-bond donors (Lipinski definition) is 0. The second-order valence-corrected chi connectivity index (χ2v) is 4.45. The molecule has 1 aliphatic heterocycles. The van der Waals surface area contributed by atoms with Gasteiger partial charge in [0.2, 0.25) is 0 Å². The molecule has 1 heterocycles. The molecule has 0 aromatic carbocycles. The Morgan fingerprint density at radius 3 is 2.54 bits per heavy atom. The lowest BCUT2D eigenvalue weighted by atomic mass is 10.2. The van der Waals surface area contributed by atoms with E-state index in [1.54, 1.807) is 0 Å². The summed E-state index contributed by atoms with van der Waals surface area (Å²) in [5.74, 6) is 0. The van der Waals surface area contributed by atoms with Crippen LogP contribution in [0.3, 0.4) is 0 Å². The van der Waals surface area contributed by atoms with Crippen molar-refractivity contribution in [2.24, 2.45) is 0 Å². The highest BCUT2D eigenvalue weighted by atomic mass is 15.3. The molecule has 1 saturated heterocycles. The Hall–Kier alpha value is -0.120. The molecule has 1 rings (SSSR count). The van der Waals surface area contributed by atoms with E-state index in [-0.39, 0.29) is 0 Å². The van der Waals surface area contributed by atoms with Gasteiger partial charge in [0.1, 0.15) is 0 Å². The molecule has 1 aliphatic rings. The third-order valence-electron chi connectivity index (χ3n) is 2.80. The van der Waals surface area contributed by atoms with E-state index in [4.69, 9.17) is 0 Å². The molecule has 3 heteroatoms. The molecule has 0 bridgehead atoms. The minimum absolute atomic E-state index is 0.721. The molecule has 1 fully saturated rings. The van der Waals surface area contributed by atoms with Gasteiger partial charge < -0.3 is 9.80 Å². The van der Waals surface area contributed by atoms with Gasteiger partial charge >= 0.3 is 0 Å². The van der Waals surface area contributed by atoms with Crippen molar-refractivity contribution in [1.82, 2.24) is 14.7 Å². The molecule has 0 radical (unpaired) electrons. The maximum Gasteiger partial charge on any atom is 0.0195 e. The molecular weight excluding hydrogens is 162 g/mol. The lowest BCUT2D eigenvalue weighted by molar-refractivity contribution is 0.0936. The predicted octanol–water partition coefficient (Wildman–Crippen LogP) is 0.184. The van der Waals surface area contributed by atoms with Gasteiger partial charge in [0, 0.05) is 38.8 Å². The summed E-state index contributed by atoms with van der Waals surface area (Å²) in [6, 6.07) is 0.721. The van der Waals surface area contributed by atoms with E-state index in [9.17, 15) is 0 Å². The monoisotopic (exact) mass is 185 g/mol. The molecule has 0 aliphatic carbocycles. The molecule has 0 amide bonds. The first-order chi connectivity index (χ1) is 6.09. The number of hydrogen-bond acceptors (Lipinski definition) is 3. The second-order valence-electron chi connectivity index (χ2n) is 4.45. The van der Waals surface area contributed by atoms with Crippen LogP contribution in [0.4, 0.5) is 0 Å². The van der Waals surface area contributed by atoms with Crippen molar-refractivity contribution >= 4 is 0 Å². The van der Waals surface area contributed by atoms with Crippen molar-refractivity contribution in [1.29, 1.82) is 0 Å². The highest BCUT2D eigenvalue weighted by Crippen LogP contribution is 2.06. The highest BCUT2D eigenvalue weighted by Gasteiger charge is 2.20. The smallest absolute Gasteiger partial charge is 0.0195 e. The molecule has 0 N–H and O–H groups in total. The van der Waals surface area contributed by atoms with E-state index in [1.807, 2.05) is 0 Å².